The van der Waals surface area contributed by atoms with Gasteiger partial charge in [0.1, 0.15) is 5.52 Å². The van der Waals surface area contributed by atoms with E-state index in [1.807, 2.05) is 25.1 Å². The van der Waals surface area contributed by atoms with Gasteiger partial charge in [-0.3, -0.25) is 4.79 Å². The van der Waals surface area contributed by atoms with Crippen molar-refractivity contribution in [2.75, 3.05) is 11.1 Å². The lowest BCUT2D eigenvalue weighted by Crippen LogP contribution is -2.18. The number of nitrogens with one attached hydrogen (secondary N) is 2. The van der Waals surface area contributed by atoms with Crippen molar-refractivity contribution in [1.29, 1.82) is 0 Å². The molecule has 0 unspecified atom stereocenters. The number of aromatic nitrogens is 4. The molecule has 29 heavy (non-hydrogen) atoms. The molecule has 1 amide bonds. The van der Waals surface area contributed by atoms with Crippen LogP contribution in [0.5, 0.6) is 0 Å². The molecule has 2 heterocycles. The van der Waals surface area contributed by atoms with E-state index in [-0.39, 0.29) is 16.6 Å². The summed E-state index contributed by atoms with van der Waals surface area (Å²) < 4.78 is 39.1. The molecule has 0 aliphatic carbocycles. The van der Waals surface area contributed by atoms with Gasteiger partial charge in [-0.25, -0.2) is 4.98 Å². The smallest absolute Gasteiger partial charge is 0.338 e. The number of thioether (sulfide) groups is 1. The van der Waals surface area contributed by atoms with Crippen LogP contribution < -0.4 is 5.32 Å². The highest BCUT2D eigenvalue weighted by molar-refractivity contribution is 7.99. The molecule has 148 valence electrons. The SMILES string of the molecule is Cc1cccc2[nH]c3nc(SCC(=O)Nc4ccccc4C(F)(F)F)nnc3c12. The number of carbonyl (C=O) groups excluding carboxylic acids is 1. The molecular formula is C19H14F3N5OS. The van der Waals surface area contributed by atoms with Crippen LogP contribution >= 0.6 is 11.8 Å². The number of alkyl halides is 3. The summed E-state index contributed by atoms with van der Waals surface area (Å²) in [7, 11) is 0. The van der Waals surface area contributed by atoms with Crippen molar-refractivity contribution in [2.24, 2.45) is 0 Å². The minimum Gasteiger partial charge on any atom is -0.338 e. The molecule has 0 saturated heterocycles. The molecular weight excluding hydrogens is 403 g/mol. The van der Waals surface area contributed by atoms with Crippen LogP contribution in [0.15, 0.2) is 47.6 Å². The van der Waals surface area contributed by atoms with Crippen LogP contribution in [-0.2, 0) is 11.0 Å². The minimum absolute atomic E-state index is 0.154. The summed E-state index contributed by atoms with van der Waals surface area (Å²) in [6.45, 7) is 1.96. The molecule has 4 rings (SSSR count). The number of hydrogen-bond donors (Lipinski definition) is 2. The molecule has 0 aliphatic rings. The molecule has 10 heteroatoms. The summed E-state index contributed by atoms with van der Waals surface area (Å²) >= 11 is 0.992. The lowest BCUT2D eigenvalue weighted by molar-refractivity contribution is -0.137. The number of amides is 1. The van der Waals surface area contributed by atoms with Crippen LogP contribution in [0, 0.1) is 6.92 Å². The van der Waals surface area contributed by atoms with Gasteiger partial charge >= 0.3 is 6.18 Å². The van der Waals surface area contributed by atoms with Gasteiger partial charge in [-0.15, -0.1) is 10.2 Å². The zero-order valence-corrected chi connectivity index (χ0v) is 15.9. The average molecular weight is 417 g/mol. The Morgan fingerprint density at radius 1 is 1.14 bits per heavy atom. The Hall–Kier alpha value is -3.14. The highest BCUT2D eigenvalue weighted by atomic mass is 32.2. The van der Waals surface area contributed by atoms with Gasteiger partial charge in [-0.1, -0.05) is 36.0 Å². The second-order valence-electron chi connectivity index (χ2n) is 6.29. The lowest BCUT2D eigenvalue weighted by atomic mass is 10.1. The number of benzene rings is 2. The first-order valence-electron chi connectivity index (χ1n) is 8.53. The number of aromatic amines is 1. The first kappa shape index (κ1) is 19.2. The summed E-state index contributed by atoms with van der Waals surface area (Å²) in [6.07, 6.45) is -4.55. The summed E-state index contributed by atoms with van der Waals surface area (Å²) in [5.74, 6) is -0.749. The molecule has 4 aromatic rings. The van der Waals surface area contributed by atoms with Gasteiger partial charge < -0.3 is 10.3 Å². The molecule has 2 N–H and O–H groups in total. The molecule has 0 radical (unpaired) electrons. The molecule has 6 nitrogen and oxygen atoms in total. The van der Waals surface area contributed by atoms with Gasteiger partial charge in [0.05, 0.1) is 17.0 Å². The monoisotopic (exact) mass is 417 g/mol. The van der Waals surface area contributed by atoms with Gasteiger partial charge in [0.25, 0.3) is 0 Å². The minimum atomic E-state index is -4.55. The van der Waals surface area contributed by atoms with E-state index < -0.39 is 17.6 Å². The second kappa shape index (κ2) is 7.36. The number of halogens is 3. The number of carbonyl (C=O) groups is 1. The van der Waals surface area contributed by atoms with Crippen LogP contribution in [0.25, 0.3) is 22.1 Å². The first-order valence-corrected chi connectivity index (χ1v) is 9.52. The van der Waals surface area contributed by atoms with Crippen LogP contribution in [0.3, 0.4) is 0 Å². The first-order chi connectivity index (χ1) is 13.8. The van der Waals surface area contributed by atoms with Crippen molar-refractivity contribution in [3.8, 4) is 0 Å². The van der Waals surface area contributed by atoms with E-state index >= 15 is 0 Å². The van der Waals surface area contributed by atoms with Crippen LogP contribution in [-0.4, -0.2) is 31.8 Å². The van der Waals surface area contributed by atoms with Gasteiger partial charge in [-0.05, 0) is 30.7 Å². The number of hydrogen-bond acceptors (Lipinski definition) is 5. The second-order valence-corrected chi connectivity index (χ2v) is 7.24. The van der Waals surface area contributed by atoms with Crippen molar-refractivity contribution in [2.45, 2.75) is 18.3 Å². The Morgan fingerprint density at radius 2 is 1.93 bits per heavy atom. The van der Waals surface area contributed by atoms with E-state index in [0.29, 0.717) is 11.2 Å². The number of rotatable bonds is 4. The number of para-hydroxylation sites is 1. The van der Waals surface area contributed by atoms with Crippen molar-refractivity contribution >= 4 is 45.4 Å². The average Bonchev–Trinajstić information content (AvgIpc) is 3.05. The third-order valence-corrected chi connectivity index (χ3v) is 5.11. The molecule has 0 aliphatic heterocycles. The number of nitrogens with zero attached hydrogens (tertiary/aromatic N) is 3. The van der Waals surface area contributed by atoms with E-state index in [4.69, 9.17) is 0 Å². The molecule has 0 saturated carbocycles. The van der Waals surface area contributed by atoms with Crippen molar-refractivity contribution < 1.29 is 18.0 Å². The zero-order chi connectivity index (χ0) is 20.6. The predicted octanol–water partition coefficient (Wildman–Crippen LogP) is 4.56. The standard InChI is InChI=1S/C19H14F3N5OS/c1-10-5-4-8-13-15(10)16-17(24-13)25-18(27-26-16)29-9-14(28)23-12-7-3-2-6-11(12)19(20,21)22/h2-8H,9H2,1H3,(H,23,28)(H,24,25,27). The van der Waals surface area contributed by atoms with Gasteiger partial charge in [0.15, 0.2) is 5.65 Å². The van der Waals surface area contributed by atoms with Crippen LogP contribution in [0.4, 0.5) is 18.9 Å². The quantitative estimate of drug-likeness (QED) is 0.476. The maximum atomic E-state index is 13.0. The fraction of sp³-hybridized carbons (Fsp3) is 0.158. The van der Waals surface area contributed by atoms with Gasteiger partial charge in [0.2, 0.25) is 11.1 Å². The van der Waals surface area contributed by atoms with E-state index in [0.717, 1.165) is 34.3 Å². The summed E-state index contributed by atoms with van der Waals surface area (Å²) in [5, 5.41) is 11.7. The van der Waals surface area contributed by atoms with E-state index in [9.17, 15) is 18.0 Å². The Morgan fingerprint density at radius 3 is 2.72 bits per heavy atom. The molecule has 2 aromatic carbocycles. The van der Waals surface area contributed by atoms with Gasteiger partial charge in [0, 0.05) is 10.9 Å². The zero-order valence-electron chi connectivity index (χ0n) is 15.0. The van der Waals surface area contributed by atoms with E-state index in [2.05, 4.69) is 25.5 Å². The van der Waals surface area contributed by atoms with Crippen molar-refractivity contribution in [3.63, 3.8) is 0 Å². The third kappa shape index (κ3) is 3.88. The maximum Gasteiger partial charge on any atom is 0.418 e. The molecule has 2 aromatic heterocycles. The summed E-state index contributed by atoms with van der Waals surface area (Å²) in [4.78, 5) is 19.7. The molecule has 0 atom stereocenters. The maximum absolute atomic E-state index is 13.0. The fourth-order valence-corrected chi connectivity index (χ4v) is 3.58. The predicted molar refractivity (Wildman–Crippen MR) is 105 cm³/mol. The Bertz CT molecular complexity index is 1220. The number of fused-ring (bicyclic) bond motifs is 3. The number of anilines is 1. The summed E-state index contributed by atoms with van der Waals surface area (Å²) in [5.41, 5.74) is 1.90. The summed E-state index contributed by atoms with van der Waals surface area (Å²) in [6, 6.07) is 10.6. The molecule has 0 fully saturated rings. The van der Waals surface area contributed by atoms with Crippen LogP contribution in [0.1, 0.15) is 11.1 Å². The van der Waals surface area contributed by atoms with Crippen molar-refractivity contribution in [3.05, 3.63) is 53.6 Å². The van der Waals surface area contributed by atoms with Crippen LogP contribution in [0.2, 0.25) is 0 Å². The highest BCUT2D eigenvalue weighted by Crippen LogP contribution is 2.34. The number of H-pyrrole nitrogens is 1. The Labute approximate surface area is 166 Å². The normalized spacial score (nSPS) is 11.9. The van der Waals surface area contributed by atoms with Gasteiger partial charge in [-0.2, -0.15) is 13.2 Å². The van der Waals surface area contributed by atoms with Crippen molar-refractivity contribution in [1.82, 2.24) is 20.2 Å². The molecule has 0 spiro atoms. The third-order valence-electron chi connectivity index (χ3n) is 4.27. The topological polar surface area (TPSA) is 83.6 Å². The highest BCUT2D eigenvalue weighted by Gasteiger charge is 2.33. The van der Waals surface area contributed by atoms with E-state index in [1.165, 1.54) is 18.2 Å². The fourth-order valence-electron chi connectivity index (χ4n) is 3.00. The van der Waals surface area contributed by atoms with E-state index in [1.54, 1.807) is 0 Å². The Kier molecular flexibility index (Phi) is 4.87. The Balaban J connectivity index is 1.49. The largest absolute Gasteiger partial charge is 0.418 e. The number of aryl methyl sites for hydroxylation is 1. The lowest BCUT2D eigenvalue weighted by Gasteiger charge is -2.13. The molecule has 0 bridgehead atoms.